The fourth-order valence-corrected chi connectivity index (χ4v) is 3.83. The van der Waals surface area contributed by atoms with Gasteiger partial charge in [-0.2, -0.15) is 23.5 Å². The maximum atomic E-state index is 13.1. The fraction of sp³-hybridized carbons (Fsp3) is 0.368. The summed E-state index contributed by atoms with van der Waals surface area (Å²) >= 11 is 12.3. The zero-order valence-electron chi connectivity index (χ0n) is 16.6. The van der Waals surface area contributed by atoms with Crippen LogP contribution < -0.4 is 0 Å². The van der Waals surface area contributed by atoms with Gasteiger partial charge in [-0.15, -0.1) is 0 Å². The predicted octanol–water partition coefficient (Wildman–Crippen LogP) is 4.50. The smallest absolute Gasteiger partial charge is 0.416 e. The molecule has 0 unspecified atom stereocenters. The normalized spacial score (nSPS) is 15.1. The Kier molecular flexibility index (Phi) is 5.95. The third kappa shape index (κ3) is 4.07. The molecule has 1 fully saturated rings. The molecule has 0 aliphatic heterocycles. The Balaban J connectivity index is 2.33. The highest BCUT2D eigenvalue weighted by atomic mass is 35.5. The lowest BCUT2D eigenvalue weighted by atomic mass is 9.95. The summed E-state index contributed by atoms with van der Waals surface area (Å²) < 4.78 is 45.4. The standard InChI is InChI=1S/C19H16Cl2F3N5O2/c1-28(2)9-26-16-14(18(4-5-18)17(30)31-3)13(8-25)27-29(16)15-11(20)6-10(7-12(15)21)19(22,23)24/h6-7,9H,4-5H2,1-3H3. The van der Waals surface area contributed by atoms with Gasteiger partial charge in [-0.3, -0.25) is 4.79 Å². The molecular formula is C19H16Cl2F3N5O2. The molecule has 0 bridgehead atoms. The van der Waals surface area contributed by atoms with E-state index in [-0.39, 0.29) is 32.8 Å². The molecule has 0 atom stereocenters. The molecule has 12 heteroatoms. The molecular weight excluding hydrogens is 458 g/mol. The summed E-state index contributed by atoms with van der Waals surface area (Å²) in [6.45, 7) is 0. The van der Waals surface area contributed by atoms with Crippen LogP contribution in [0.15, 0.2) is 17.1 Å². The van der Waals surface area contributed by atoms with Gasteiger partial charge in [0.05, 0.1) is 40.0 Å². The van der Waals surface area contributed by atoms with Crippen LogP contribution in [0.3, 0.4) is 0 Å². The molecule has 0 N–H and O–H groups in total. The molecule has 1 aromatic heterocycles. The highest BCUT2D eigenvalue weighted by molar-refractivity contribution is 6.38. The first kappa shape index (κ1) is 22.9. The van der Waals surface area contributed by atoms with E-state index in [1.54, 1.807) is 19.0 Å². The first-order chi connectivity index (χ1) is 14.5. The predicted molar refractivity (Wildman–Crippen MR) is 108 cm³/mol. The number of benzene rings is 1. The zero-order chi connectivity index (χ0) is 23.1. The van der Waals surface area contributed by atoms with Crippen LogP contribution in [0.2, 0.25) is 10.0 Å². The van der Waals surface area contributed by atoms with Gasteiger partial charge in [0.15, 0.2) is 11.5 Å². The van der Waals surface area contributed by atoms with Crippen LogP contribution in [-0.4, -0.2) is 48.2 Å². The fourth-order valence-electron chi connectivity index (χ4n) is 3.18. The van der Waals surface area contributed by atoms with E-state index in [4.69, 9.17) is 27.9 Å². The van der Waals surface area contributed by atoms with Crippen molar-refractivity contribution in [3.05, 3.63) is 39.0 Å². The number of hydrogen-bond donors (Lipinski definition) is 0. The molecule has 0 radical (unpaired) electrons. The van der Waals surface area contributed by atoms with E-state index in [0.717, 1.165) is 4.68 Å². The molecule has 164 valence electrons. The molecule has 0 saturated heterocycles. The van der Waals surface area contributed by atoms with Crippen molar-refractivity contribution in [2.75, 3.05) is 21.2 Å². The summed E-state index contributed by atoms with van der Waals surface area (Å²) in [5.41, 5.74) is -2.16. The van der Waals surface area contributed by atoms with Gasteiger partial charge in [-0.1, -0.05) is 23.2 Å². The van der Waals surface area contributed by atoms with E-state index < -0.39 is 23.1 Å². The van der Waals surface area contributed by atoms with Crippen LogP contribution in [0.5, 0.6) is 0 Å². The van der Waals surface area contributed by atoms with Crippen molar-refractivity contribution in [3.8, 4) is 11.8 Å². The number of ether oxygens (including phenoxy) is 1. The second-order valence-electron chi connectivity index (χ2n) is 7.14. The topological polar surface area (TPSA) is 83.5 Å². The molecule has 2 aromatic rings. The van der Waals surface area contributed by atoms with Crippen LogP contribution >= 0.6 is 23.2 Å². The van der Waals surface area contributed by atoms with E-state index in [0.29, 0.717) is 25.0 Å². The summed E-state index contributed by atoms with van der Waals surface area (Å²) in [6.07, 6.45) is -2.46. The Labute approximate surface area is 185 Å². The minimum atomic E-state index is -4.66. The number of halogens is 5. The molecule has 0 amide bonds. The van der Waals surface area contributed by atoms with Gasteiger partial charge in [0.2, 0.25) is 0 Å². The lowest BCUT2D eigenvalue weighted by Crippen LogP contribution is -2.22. The second-order valence-corrected chi connectivity index (χ2v) is 7.95. The van der Waals surface area contributed by atoms with Gasteiger partial charge in [0, 0.05) is 14.1 Å². The summed E-state index contributed by atoms with van der Waals surface area (Å²) in [6, 6.07) is 3.34. The van der Waals surface area contributed by atoms with Crippen molar-refractivity contribution in [1.82, 2.24) is 14.7 Å². The third-order valence-electron chi connectivity index (χ3n) is 4.74. The average Bonchev–Trinajstić information content (AvgIpc) is 3.40. The van der Waals surface area contributed by atoms with Crippen molar-refractivity contribution in [1.29, 1.82) is 5.26 Å². The van der Waals surface area contributed by atoms with Crippen molar-refractivity contribution in [3.63, 3.8) is 0 Å². The lowest BCUT2D eigenvalue weighted by Gasteiger charge is -2.15. The van der Waals surface area contributed by atoms with E-state index in [9.17, 15) is 23.2 Å². The van der Waals surface area contributed by atoms with Gasteiger partial charge in [0.1, 0.15) is 11.8 Å². The first-order valence-electron chi connectivity index (χ1n) is 8.85. The number of esters is 1. The lowest BCUT2D eigenvalue weighted by molar-refractivity contribution is -0.143. The largest absolute Gasteiger partial charge is 0.468 e. The molecule has 3 rings (SSSR count). The molecule has 1 heterocycles. The summed E-state index contributed by atoms with van der Waals surface area (Å²) in [5, 5.41) is 13.1. The first-order valence-corrected chi connectivity index (χ1v) is 9.61. The van der Waals surface area contributed by atoms with Gasteiger partial charge in [-0.25, -0.2) is 9.67 Å². The van der Waals surface area contributed by atoms with E-state index >= 15 is 0 Å². The zero-order valence-corrected chi connectivity index (χ0v) is 18.1. The molecule has 0 spiro atoms. The summed E-state index contributed by atoms with van der Waals surface area (Å²) in [7, 11) is 4.62. The van der Waals surface area contributed by atoms with E-state index in [2.05, 4.69) is 10.1 Å². The molecule has 31 heavy (non-hydrogen) atoms. The minimum absolute atomic E-state index is 0.0525. The summed E-state index contributed by atoms with van der Waals surface area (Å²) in [5.74, 6) is -0.508. The molecule has 1 saturated carbocycles. The Hall–Kier alpha value is -2.77. The SMILES string of the molecule is COC(=O)C1(c2c(C#N)nn(-c3c(Cl)cc(C(F)(F)F)cc3Cl)c2N=CN(C)C)CC1. The van der Waals surface area contributed by atoms with Crippen LogP contribution in [-0.2, 0) is 21.1 Å². The van der Waals surface area contributed by atoms with Crippen molar-refractivity contribution >= 4 is 41.3 Å². The monoisotopic (exact) mass is 473 g/mol. The highest BCUT2D eigenvalue weighted by Gasteiger charge is 2.57. The number of rotatable bonds is 5. The minimum Gasteiger partial charge on any atom is -0.468 e. The Morgan fingerprint density at radius 2 is 1.94 bits per heavy atom. The van der Waals surface area contributed by atoms with E-state index in [1.807, 2.05) is 6.07 Å². The number of nitriles is 1. The number of alkyl halides is 3. The Morgan fingerprint density at radius 3 is 2.35 bits per heavy atom. The number of hydrogen-bond acceptors (Lipinski definition) is 5. The molecule has 7 nitrogen and oxygen atoms in total. The second kappa shape index (κ2) is 8.05. The number of carbonyl (C=O) groups is 1. The number of aliphatic imine (C=N–C) groups is 1. The Bertz CT molecular complexity index is 1090. The highest BCUT2D eigenvalue weighted by Crippen LogP contribution is 2.54. The Morgan fingerprint density at radius 1 is 1.35 bits per heavy atom. The van der Waals surface area contributed by atoms with Gasteiger partial charge >= 0.3 is 12.1 Å². The van der Waals surface area contributed by atoms with Crippen LogP contribution in [0.1, 0.15) is 29.7 Å². The molecule has 1 aliphatic carbocycles. The van der Waals surface area contributed by atoms with Crippen LogP contribution in [0.25, 0.3) is 5.69 Å². The van der Waals surface area contributed by atoms with Gasteiger partial charge < -0.3 is 9.64 Å². The number of aromatic nitrogens is 2. The van der Waals surface area contributed by atoms with Crippen LogP contribution in [0, 0.1) is 11.3 Å². The number of carbonyl (C=O) groups excluding carboxylic acids is 1. The van der Waals surface area contributed by atoms with Gasteiger partial charge in [-0.05, 0) is 25.0 Å². The number of nitrogens with zero attached hydrogens (tertiary/aromatic N) is 5. The molecule has 1 aromatic carbocycles. The van der Waals surface area contributed by atoms with Gasteiger partial charge in [0.25, 0.3) is 0 Å². The maximum Gasteiger partial charge on any atom is 0.416 e. The summed E-state index contributed by atoms with van der Waals surface area (Å²) in [4.78, 5) is 18.4. The third-order valence-corrected chi connectivity index (χ3v) is 5.31. The number of methoxy groups -OCH3 is 1. The molecule has 1 aliphatic rings. The average molecular weight is 474 g/mol. The maximum absolute atomic E-state index is 13.1. The van der Waals surface area contributed by atoms with Crippen LogP contribution in [0.4, 0.5) is 19.0 Å². The van der Waals surface area contributed by atoms with Crippen molar-refractivity contribution in [2.45, 2.75) is 24.4 Å². The van der Waals surface area contributed by atoms with Crippen molar-refractivity contribution in [2.24, 2.45) is 4.99 Å². The van der Waals surface area contributed by atoms with Crippen molar-refractivity contribution < 1.29 is 22.7 Å². The van der Waals surface area contributed by atoms with E-state index in [1.165, 1.54) is 13.4 Å². The quantitative estimate of drug-likeness (QED) is 0.362.